The minimum Gasteiger partial charge on any atom is -0.507 e. The molecule has 2 rings (SSSR count). The van der Waals surface area contributed by atoms with Crippen molar-refractivity contribution in [3.63, 3.8) is 0 Å². The number of hydrogen-bond acceptors (Lipinski definition) is 2. The number of phenols is 2. The summed E-state index contributed by atoms with van der Waals surface area (Å²) in [6, 6.07) is 11.3. The third-order valence-electron chi connectivity index (χ3n) is 3.70. The molecule has 0 unspecified atom stereocenters. The highest BCUT2D eigenvalue weighted by Crippen LogP contribution is 2.37. The van der Waals surface area contributed by atoms with Crippen LogP contribution in [0.25, 0.3) is 11.1 Å². The smallest absolute Gasteiger partial charge is 0.123 e. The Morgan fingerprint density at radius 2 is 1.05 bits per heavy atom. The van der Waals surface area contributed by atoms with Crippen LogP contribution in [0, 0.1) is 11.8 Å². The van der Waals surface area contributed by atoms with E-state index < -0.39 is 0 Å². The maximum atomic E-state index is 10.2. The van der Waals surface area contributed by atoms with Crippen molar-refractivity contribution in [1.29, 1.82) is 0 Å². The van der Waals surface area contributed by atoms with Crippen molar-refractivity contribution >= 4 is 0 Å². The largest absolute Gasteiger partial charge is 0.507 e. The van der Waals surface area contributed by atoms with E-state index in [1.165, 1.54) is 11.1 Å². The van der Waals surface area contributed by atoms with Crippen LogP contribution in [0.3, 0.4) is 0 Å². The summed E-state index contributed by atoms with van der Waals surface area (Å²) in [7, 11) is 0. The van der Waals surface area contributed by atoms with Gasteiger partial charge in [-0.25, -0.2) is 0 Å². The van der Waals surface area contributed by atoms with E-state index in [2.05, 4.69) is 27.7 Å². The third kappa shape index (κ3) is 4.03. The molecule has 2 aromatic carbocycles. The maximum Gasteiger partial charge on any atom is 0.123 e. The van der Waals surface area contributed by atoms with Gasteiger partial charge in [0.05, 0.1) is 0 Å². The van der Waals surface area contributed by atoms with Crippen molar-refractivity contribution in [1.82, 2.24) is 0 Å². The molecule has 118 valence electrons. The van der Waals surface area contributed by atoms with Crippen LogP contribution in [0.5, 0.6) is 11.5 Å². The molecule has 0 aliphatic heterocycles. The van der Waals surface area contributed by atoms with Gasteiger partial charge in [-0.15, -0.1) is 0 Å². The summed E-state index contributed by atoms with van der Waals surface area (Å²) in [6.45, 7) is 8.70. The van der Waals surface area contributed by atoms with Crippen LogP contribution in [0.15, 0.2) is 36.4 Å². The molecule has 0 aliphatic carbocycles. The van der Waals surface area contributed by atoms with Crippen LogP contribution >= 0.6 is 0 Å². The normalized spacial score (nSPS) is 11.4. The second-order valence-corrected chi connectivity index (χ2v) is 6.90. The number of rotatable bonds is 5. The highest BCUT2D eigenvalue weighted by molar-refractivity contribution is 5.76. The highest BCUT2D eigenvalue weighted by atomic mass is 16.3. The Labute approximate surface area is 133 Å². The molecule has 0 atom stereocenters. The first-order valence-electron chi connectivity index (χ1n) is 8.01. The Hall–Kier alpha value is -1.96. The van der Waals surface area contributed by atoms with Gasteiger partial charge in [0.2, 0.25) is 0 Å². The molecule has 0 radical (unpaired) electrons. The lowest BCUT2D eigenvalue weighted by Gasteiger charge is -2.13. The zero-order chi connectivity index (χ0) is 16.3. The molecular weight excluding hydrogens is 272 g/mol. The summed E-state index contributed by atoms with van der Waals surface area (Å²) in [4.78, 5) is 0. The van der Waals surface area contributed by atoms with Gasteiger partial charge in [-0.05, 0) is 60.1 Å². The predicted molar refractivity (Wildman–Crippen MR) is 92.3 cm³/mol. The Morgan fingerprint density at radius 1 is 0.682 bits per heavy atom. The molecule has 2 N–H and O–H groups in total. The van der Waals surface area contributed by atoms with Gasteiger partial charge in [0, 0.05) is 11.1 Å². The molecule has 0 saturated heterocycles. The number of benzene rings is 2. The van der Waals surface area contributed by atoms with E-state index in [9.17, 15) is 10.2 Å². The van der Waals surface area contributed by atoms with Crippen molar-refractivity contribution in [2.45, 2.75) is 40.5 Å². The topological polar surface area (TPSA) is 40.5 Å². The van der Waals surface area contributed by atoms with E-state index >= 15 is 0 Å². The van der Waals surface area contributed by atoms with Gasteiger partial charge < -0.3 is 10.2 Å². The first-order chi connectivity index (χ1) is 10.4. The maximum absolute atomic E-state index is 10.2. The lowest BCUT2D eigenvalue weighted by atomic mass is 9.94. The Kier molecular flexibility index (Phi) is 5.12. The van der Waals surface area contributed by atoms with Crippen molar-refractivity contribution in [2.75, 3.05) is 0 Å². The molecule has 22 heavy (non-hydrogen) atoms. The van der Waals surface area contributed by atoms with E-state index in [1.807, 2.05) is 24.3 Å². The Morgan fingerprint density at radius 3 is 1.36 bits per heavy atom. The fraction of sp³-hybridized carbons (Fsp3) is 0.400. The van der Waals surface area contributed by atoms with E-state index in [0.29, 0.717) is 23.0 Å². The highest BCUT2D eigenvalue weighted by Gasteiger charge is 2.12. The second kappa shape index (κ2) is 6.87. The van der Waals surface area contributed by atoms with E-state index in [1.54, 1.807) is 12.1 Å². The summed E-state index contributed by atoms with van der Waals surface area (Å²) in [6.07, 6.45) is 1.92. The lowest BCUT2D eigenvalue weighted by Crippen LogP contribution is -1.96. The molecule has 0 amide bonds. The third-order valence-corrected chi connectivity index (χ3v) is 3.70. The number of aromatic hydroxyl groups is 2. The van der Waals surface area contributed by atoms with Crippen LogP contribution in [0.4, 0.5) is 0 Å². The number of phenolic OH excluding ortho intramolecular Hbond substituents is 2. The lowest BCUT2D eigenvalue weighted by molar-refractivity contribution is 0.468. The van der Waals surface area contributed by atoms with E-state index in [4.69, 9.17) is 0 Å². The molecule has 0 spiro atoms. The average Bonchev–Trinajstić information content (AvgIpc) is 2.42. The summed E-state index contributed by atoms with van der Waals surface area (Å²) in [5.41, 5.74) is 3.77. The molecule has 0 fully saturated rings. The van der Waals surface area contributed by atoms with Crippen molar-refractivity contribution in [3.8, 4) is 22.6 Å². The average molecular weight is 298 g/mol. The molecule has 0 aliphatic rings. The van der Waals surface area contributed by atoms with Crippen LogP contribution < -0.4 is 0 Å². The summed E-state index contributed by atoms with van der Waals surface area (Å²) in [5, 5.41) is 20.4. The molecule has 0 saturated carbocycles. The first-order valence-corrected chi connectivity index (χ1v) is 8.01. The molecule has 0 aromatic heterocycles. The second-order valence-electron chi connectivity index (χ2n) is 6.90. The minimum absolute atomic E-state index is 0.213. The van der Waals surface area contributed by atoms with Gasteiger partial charge in [-0.2, -0.15) is 0 Å². The SMILES string of the molecule is CC(C)Cc1ccc(O)c(-c2cc(CC(C)C)ccc2O)c1. The number of hydrogen-bond donors (Lipinski definition) is 2. The monoisotopic (exact) mass is 298 g/mol. The van der Waals surface area contributed by atoms with Crippen molar-refractivity contribution < 1.29 is 10.2 Å². The van der Waals surface area contributed by atoms with Gasteiger partial charge in [-0.1, -0.05) is 39.8 Å². The van der Waals surface area contributed by atoms with Crippen LogP contribution in [-0.2, 0) is 12.8 Å². The standard InChI is InChI=1S/C20H26O2/c1-13(2)9-15-5-7-19(21)17(11-15)18-12-16(10-14(3)4)6-8-20(18)22/h5-8,11-14,21-22H,9-10H2,1-4H3. The van der Waals surface area contributed by atoms with Crippen LogP contribution in [-0.4, -0.2) is 10.2 Å². The van der Waals surface area contributed by atoms with Gasteiger partial charge in [0.1, 0.15) is 11.5 Å². The van der Waals surface area contributed by atoms with Gasteiger partial charge >= 0.3 is 0 Å². The molecule has 2 aromatic rings. The molecular formula is C20H26O2. The zero-order valence-corrected chi connectivity index (χ0v) is 13.9. The summed E-state index contributed by atoms with van der Waals surface area (Å²) < 4.78 is 0. The van der Waals surface area contributed by atoms with Crippen LogP contribution in [0.2, 0.25) is 0 Å². The van der Waals surface area contributed by atoms with Gasteiger partial charge in [-0.3, -0.25) is 0 Å². The molecule has 0 heterocycles. The molecule has 2 heteroatoms. The molecule has 2 nitrogen and oxygen atoms in total. The Bertz CT molecular complexity index is 585. The van der Waals surface area contributed by atoms with Gasteiger partial charge in [0.15, 0.2) is 0 Å². The minimum atomic E-state index is 0.213. The van der Waals surface area contributed by atoms with Crippen molar-refractivity contribution in [2.24, 2.45) is 11.8 Å². The van der Waals surface area contributed by atoms with Crippen molar-refractivity contribution in [3.05, 3.63) is 47.5 Å². The zero-order valence-electron chi connectivity index (χ0n) is 13.9. The summed E-state index contributed by atoms with van der Waals surface area (Å²) >= 11 is 0. The fourth-order valence-corrected chi connectivity index (χ4v) is 2.79. The Balaban J connectivity index is 2.45. The van der Waals surface area contributed by atoms with Crippen LogP contribution in [0.1, 0.15) is 38.8 Å². The fourth-order valence-electron chi connectivity index (χ4n) is 2.79. The summed E-state index contributed by atoms with van der Waals surface area (Å²) in [5.74, 6) is 1.53. The molecule has 0 bridgehead atoms. The van der Waals surface area contributed by atoms with Gasteiger partial charge in [0.25, 0.3) is 0 Å². The predicted octanol–water partition coefficient (Wildman–Crippen LogP) is 5.16. The quantitative estimate of drug-likeness (QED) is 0.800. The first kappa shape index (κ1) is 16.4. The van der Waals surface area contributed by atoms with E-state index in [0.717, 1.165) is 12.8 Å². The van der Waals surface area contributed by atoms with E-state index in [-0.39, 0.29) is 11.5 Å².